The number of amidine groups is 2. The van der Waals surface area contributed by atoms with E-state index >= 15 is 0 Å². The third kappa shape index (κ3) is 5.96. The lowest BCUT2D eigenvalue weighted by Crippen LogP contribution is -2.33. The van der Waals surface area contributed by atoms with Gasteiger partial charge in [-0.05, 0) is 79.2 Å². The zero-order chi connectivity index (χ0) is 37.7. The summed E-state index contributed by atoms with van der Waals surface area (Å²) >= 11 is 0. The molecule has 0 saturated heterocycles. The molecule has 0 aliphatic carbocycles. The van der Waals surface area contributed by atoms with E-state index in [1.54, 1.807) is 0 Å². The molecular weight excluding hydrogens is 695 g/mol. The Morgan fingerprint density at radius 3 is 1.75 bits per heavy atom. The summed E-state index contributed by atoms with van der Waals surface area (Å²) in [6.45, 7) is 0. The van der Waals surface area contributed by atoms with E-state index in [1.807, 2.05) is 18.2 Å². The molecule has 2 heterocycles. The second-order valence-corrected chi connectivity index (χ2v) is 14.6. The van der Waals surface area contributed by atoms with Gasteiger partial charge in [-0.2, -0.15) is 0 Å². The van der Waals surface area contributed by atoms with Crippen molar-refractivity contribution in [2.45, 2.75) is 6.17 Å². The lowest BCUT2D eigenvalue weighted by molar-refractivity contribution is 0.669. The molecule has 0 spiro atoms. The molecule has 0 bridgehead atoms. The number of nitrogens with one attached hydrogen (secondary N) is 1. The molecule has 1 atom stereocenters. The van der Waals surface area contributed by atoms with Crippen LogP contribution in [0, 0.1) is 0 Å². The number of hydrogen-bond donors (Lipinski definition) is 1. The highest BCUT2D eigenvalue weighted by molar-refractivity contribution is 6.16. The average Bonchev–Trinajstić information content (AvgIpc) is 3.67. The van der Waals surface area contributed by atoms with Crippen molar-refractivity contribution in [2.75, 3.05) is 0 Å². The molecule has 0 saturated carbocycles. The van der Waals surface area contributed by atoms with Gasteiger partial charge in [-0.25, -0.2) is 9.98 Å². The van der Waals surface area contributed by atoms with Crippen molar-refractivity contribution in [1.29, 1.82) is 0 Å². The summed E-state index contributed by atoms with van der Waals surface area (Å²) in [5.41, 5.74) is 11.7. The van der Waals surface area contributed by atoms with Crippen molar-refractivity contribution in [3.8, 4) is 33.4 Å². The van der Waals surface area contributed by atoms with E-state index in [9.17, 15) is 0 Å². The minimum Gasteiger partial charge on any atom is -0.456 e. The maximum absolute atomic E-state index is 6.42. The van der Waals surface area contributed by atoms with Gasteiger partial charge in [0.05, 0.1) is 0 Å². The first-order valence-electron chi connectivity index (χ1n) is 19.3. The van der Waals surface area contributed by atoms with Gasteiger partial charge in [-0.1, -0.05) is 176 Å². The predicted octanol–water partition coefficient (Wildman–Crippen LogP) is 13.4. The van der Waals surface area contributed by atoms with E-state index in [1.165, 1.54) is 27.1 Å². The third-order valence-electron chi connectivity index (χ3n) is 11.1. The maximum Gasteiger partial charge on any atom is 0.159 e. The Balaban J connectivity index is 1.02. The molecule has 57 heavy (non-hydrogen) atoms. The zero-order valence-corrected chi connectivity index (χ0v) is 30.9. The molecule has 4 heteroatoms. The van der Waals surface area contributed by atoms with Crippen LogP contribution in [-0.4, -0.2) is 11.7 Å². The Morgan fingerprint density at radius 1 is 0.421 bits per heavy atom. The fourth-order valence-electron chi connectivity index (χ4n) is 8.22. The Hall–Kier alpha value is -7.56. The molecule has 4 nitrogen and oxygen atoms in total. The lowest BCUT2D eigenvalue weighted by Gasteiger charge is -2.24. The van der Waals surface area contributed by atoms with E-state index in [-0.39, 0.29) is 6.17 Å². The Kier molecular flexibility index (Phi) is 7.85. The zero-order valence-electron chi connectivity index (χ0n) is 30.9. The van der Waals surface area contributed by atoms with E-state index in [0.29, 0.717) is 5.84 Å². The lowest BCUT2D eigenvalue weighted by atomic mass is 9.89. The summed E-state index contributed by atoms with van der Waals surface area (Å²) in [6.07, 6.45) is -0.354. The van der Waals surface area contributed by atoms with E-state index in [2.05, 4.69) is 187 Å². The molecule has 0 radical (unpaired) electrons. The van der Waals surface area contributed by atoms with Crippen molar-refractivity contribution < 1.29 is 4.42 Å². The smallest absolute Gasteiger partial charge is 0.159 e. The molecule has 1 unspecified atom stereocenters. The summed E-state index contributed by atoms with van der Waals surface area (Å²) in [5.74, 6) is 1.49. The van der Waals surface area contributed by atoms with Crippen LogP contribution in [0.1, 0.15) is 22.9 Å². The highest BCUT2D eigenvalue weighted by Crippen LogP contribution is 2.43. The Bertz CT molecular complexity index is 3190. The molecule has 1 aromatic heterocycles. The quantitative estimate of drug-likeness (QED) is 0.185. The van der Waals surface area contributed by atoms with Crippen LogP contribution in [0.4, 0.5) is 0 Å². The van der Waals surface area contributed by atoms with Gasteiger partial charge in [0.25, 0.3) is 0 Å². The summed E-state index contributed by atoms with van der Waals surface area (Å²) in [7, 11) is 0. The second kappa shape index (κ2) is 13.6. The van der Waals surface area contributed by atoms with Crippen LogP contribution in [0.2, 0.25) is 0 Å². The number of fused-ring (bicyclic) bond motifs is 5. The minimum atomic E-state index is -0.354. The monoisotopic (exact) mass is 729 g/mol. The number of para-hydroxylation sites is 1. The predicted molar refractivity (Wildman–Crippen MR) is 237 cm³/mol. The minimum absolute atomic E-state index is 0.354. The highest BCUT2D eigenvalue weighted by Gasteiger charge is 2.23. The van der Waals surface area contributed by atoms with Gasteiger partial charge in [-0.15, -0.1) is 0 Å². The van der Waals surface area contributed by atoms with Gasteiger partial charge < -0.3 is 9.73 Å². The molecule has 1 N–H and O–H groups in total. The summed E-state index contributed by atoms with van der Waals surface area (Å²) in [5, 5.41) is 10.7. The molecule has 1 aliphatic heterocycles. The van der Waals surface area contributed by atoms with Crippen LogP contribution in [0.25, 0.3) is 76.9 Å². The largest absolute Gasteiger partial charge is 0.456 e. The SMILES string of the molecule is c1ccc(-c2ccc(C3=NC(c4ccc(-c5c(-c6ccc7ccccc7c6)ccc6oc7ccccc7c56)cc4)NC(c4ccc5ccccc5c4)=N3)cc2)cc1. The molecule has 268 valence electrons. The van der Waals surface area contributed by atoms with Crippen LogP contribution in [0.3, 0.4) is 0 Å². The van der Waals surface area contributed by atoms with Crippen molar-refractivity contribution in [3.63, 3.8) is 0 Å². The Labute approximate surface area is 330 Å². The van der Waals surface area contributed by atoms with Gasteiger partial charge >= 0.3 is 0 Å². The average molecular weight is 730 g/mol. The van der Waals surface area contributed by atoms with E-state index in [0.717, 1.165) is 72.3 Å². The first kappa shape index (κ1) is 32.8. The van der Waals surface area contributed by atoms with Gasteiger partial charge in [0.1, 0.15) is 23.2 Å². The topological polar surface area (TPSA) is 49.9 Å². The van der Waals surface area contributed by atoms with Crippen LogP contribution < -0.4 is 5.32 Å². The Morgan fingerprint density at radius 2 is 1.00 bits per heavy atom. The van der Waals surface area contributed by atoms with Crippen LogP contribution in [0.15, 0.2) is 215 Å². The normalized spacial score (nSPS) is 14.1. The fraction of sp³-hybridized carbons (Fsp3) is 0.0189. The first-order chi connectivity index (χ1) is 28.2. The van der Waals surface area contributed by atoms with Crippen LogP contribution >= 0.6 is 0 Å². The standard InChI is InChI=1S/C53H35N3O/c1-2-10-34(11-3-1)37-18-24-39(25-19-37)51-54-52(56-53(55-51)44-29-21-36-13-5-7-15-42(36)33-44)40-26-22-38(23-27-40)49-45(43-28-20-35-12-4-6-14-41(35)32-43)30-31-48-50(49)46-16-8-9-17-47(46)57-48/h1-33,52H,(H,54,55,56). The van der Waals surface area contributed by atoms with Gasteiger partial charge in [0, 0.05) is 27.5 Å². The molecule has 0 fully saturated rings. The van der Waals surface area contributed by atoms with Gasteiger partial charge in [0.2, 0.25) is 0 Å². The molecular formula is C53H35N3O. The number of rotatable bonds is 6. The van der Waals surface area contributed by atoms with Crippen molar-refractivity contribution in [2.24, 2.45) is 9.98 Å². The third-order valence-corrected chi connectivity index (χ3v) is 11.1. The molecule has 10 aromatic rings. The number of benzene rings is 9. The van der Waals surface area contributed by atoms with Crippen molar-refractivity contribution >= 4 is 55.2 Å². The summed E-state index contributed by atoms with van der Waals surface area (Å²) < 4.78 is 6.42. The first-order valence-corrected chi connectivity index (χ1v) is 19.3. The van der Waals surface area contributed by atoms with Gasteiger partial charge in [-0.3, -0.25) is 0 Å². The maximum atomic E-state index is 6.42. The fourth-order valence-corrected chi connectivity index (χ4v) is 8.22. The number of aliphatic imine (C=N–C) groups is 2. The molecule has 9 aromatic carbocycles. The van der Waals surface area contributed by atoms with Crippen LogP contribution in [0.5, 0.6) is 0 Å². The molecule has 0 amide bonds. The number of furan rings is 1. The van der Waals surface area contributed by atoms with Crippen molar-refractivity contribution in [1.82, 2.24) is 5.32 Å². The molecule has 11 rings (SSSR count). The number of nitrogens with zero attached hydrogens (tertiary/aromatic N) is 2. The van der Waals surface area contributed by atoms with E-state index in [4.69, 9.17) is 14.4 Å². The number of hydrogen-bond acceptors (Lipinski definition) is 4. The summed E-state index contributed by atoms with van der Waals surface area (Å²) in [6, 6.07) is 70.7. The molecule has 1 aliphatic rings. The van der Waals surface area contributed by atoms with Crippen LogP contribution in [-0.2, 0) is 0 Å². The second-order valence-electron chi connectivity index (χ2n) is 14.6. The van der Waals surface area contributed by atoms with E-state index < -0.39 is 0 Å². The van der Waals surface area contributed by atoms with Gasteiger partial charge in [0.15, 0.2) is 5.84 Å². The summed E-state index contributed by atoms with van der Waals surface area (Å²) in [4.78, 5) is 10.4. The van der Waals surface area contributed by atoms with Crippen molar-refractivity contribution in [3.05, 3.63) is 217 Å². The highest BCUT2D eigenvalue weighted by atomic mass is 16.3.